The summed E-state index contributed by atoms with van der Waals surface area (Å²) in [4.78, 5) is 25.4. The Morgan fingerprint density at radius 1 is 1.19 bits per heavy atom. The van der Waals surface area contributed by atoms with E-state index >= 15 is 0 Å². The van der Waals surface area contributed by atoms with Gasteiger partial charge in [-0.25, -0.2) is 0 Å². The average Bonchev–Trinajstić information content (AvgIpc) is 2.95. The monoisotopic (exact) mass is 284 g/mol. The van der Waals surface area contributed by atoms with Gasteiger partial charge in [-0.1, -0.05) is 24.3 Å². The van der Waals surface area contributed by atoms with Gasteiger partial charge in [0.05, 0.1) is 5.56 Å². The third-order valence-electron chi connectivity index (χ3n) is 3.94. The number of amides is 2. The SMILES string of the molecule is NC(=O)[C@@H]1CCCN1C(=O)c1cc2ccccc2cc1O. The van der Waals surface area contributed by atoms with Crippen LogP contribution in [0.3, 0.4) is 0 Å². The maximum absolute atomic E-state index is 12.6. The largest absolute Gasteiger partial charge is 0.507 e. The van der Waals surface area contributed by atoms with Gasteiger partial charge in [-0.3, -0.25) is 9.59 Å². The number of phenolic OH excluding ortho intramolecular Hbond substituents is 1. The van der Waals surface area contributed by atoms with Crippen LogP contribution in [0.4, 0.5) is 0 Å². The van der Waals surface area contributed by atoms with E-state index in [9.17, 15) is 14.7 Å². The molecule has 0 aromatic heterocycles. The Kier molecular flexibility index (Phi) is 3.25. The lowest BCUT2D eigenvalue weighted by molar-refractivity contribution is -0.121. The molecule has 3 N–H and O–H groups in total. The number of benzene rings is 2. The molecule has 21 heavy (non-hydrogen) atoms. The fourth-order valence-electron chi connectivity index (χ4n) is 2.86. The van der Waals surface area contributed by atoms with Crippen LogP contribution in [0.1, 0.15) is 23.2 Å². The highest BCUT2D eigenvalue weighted by atomic mass is 16.3. The maximum atomic E-state index is 12.6. The molecule has 1 atom stereocenters. The number of hydrogen-bond donors (Lipinski definition) is 2. The van der Waals surface area contributed by atoms with Crippen molar-refractivity contribution in [3.63, 3.8) is 0 Å². The molecule has 2 aromatic carbocycles. The van der Waals surface area contributed by atoms with Gasteiger partial charge in [-0.05, 0) is 35.7 Å². The second-order valence-electron chi connectivity index (χ2n) is 5.28. The molecule has 0 saturated carbocycles. The van der Waals surface area contributed by atoms with E-state index in [2.05, 4.69) is 0 Å². The number of carbonyl (C=O) groups excluding carboxylic acids is 2. The third-order valence-corrected chi connectivity index (χ3v) is 3.94. The van der Waals surface area contributed by atoms with Gasteiger partial charge in [0, 0.05) is 6.54 Å². The van der Waals surface area contributed by atoms with Crippen molar-refractivity contribution in [1.82, 2.24) is 4.90 Å². The van der Waals surface area contributed by atoms with Crippen LogP contribution in [0, 0.1) is 0 Å². The highest BCUT2D eigenvalue weighted by Crippen LogP contribution is 2.28. The predicted molar refractivity (Wildman–Crippen MR) is 78.9 cm³/mol. The lowest BCUT2D eigenvalue weighted by Crippen LogP contribution is -2.43. The minimum atomic E-state index is -0.580. The molecule has 2 aromatic rings. The number of nitrogens with zero attached hydrogens (tertiary/aromatic N) is 1. The molecule has 0 unspecified atom stereocenters. The summed E-state index contributed by atoms with van der Waals surface area (Å²) in [5, 5.41) is 11.8. The van der Waals surface area contributed by atoms with Crippen molar-refractivity contribution in [3.8, 4) is 5.75 Å². The van der Waals surface area contributed by atoms with E-state index < -0.39 is 11.9 Å². The Morgan fingerprint density at radius 3 is 2.52 bits per heavy atom. The van der Waals surface area contributed by atoms with Crippen LogP contribution in [0.5, 0.6) is 5.75 Å². The number of nitrogens with two attached hydrogens (primary N) is 1. The molecule has 1 heterocycles. The van der Waals surface area contributed by atoms with Gasteiger partial charge in [0.15, 0.2) is 0 Å². The number of hydrogen-bond acceptors (Lipinski definition) is 3. The fourth-order valence-corrected chi connectivity index (χ4v) is 2.86. The summed E-state index contributed by atoms with van der Waals surface area (Å²) in [5.41, 5.74) is 5.55. The van der Waals surface area contributed by atoms with E-state index in [4.69, 9.17) is 5.73 Å². The maximum Gasteiger partial charge on any atom is 0.258 e. The first kappa shape index (κ1) is 13.4. The topological polar surface area (TPSA) is 83.6 Å². The van der Waals surface area contributed by atoms with Crippen LogP contribution in [0.15, 0.2) is 36.4 Å². The molecule has 0 bridgehead atoms. The van der Waals surface area contributed by atoms with Gasteiger partial charge in [0.2, 0.25) is 5.91 Å². The standard InChI is InChI=1S/C16H16N2O3/c17-15(20)13-6-3-7-18(13)16(21)12-8-10-4-1-2-5-11(10)9-14(12)19/h1-2,4-5,8-9,13,19H,3,6-7H2,(H2,17,20)/t13-/m0/s1. The summed E-state index contributed by atoms with van der Waals surface area (Å²) in [6, 6.07) is 10.1. The van der Waals surface area contributed by atoms with E-state index in [1.165, 1.54) is 4.90 Å². The summed E-state index contributed by atoms with van der Waals surface area (Å²) in [6.07, 6.45) is 1.32. The van der Waals surface area contributed by atoms with Crippen LogP contribution in [-0.2, 0) is 4.79 Å². The summed E-state index contributed by atoms with van der Waals surface area (Å²) in [6.45, 7) is 0.485. The molecular weight excluding hydrogens is 268 g/mol. The van der Waals surface area contributed by atoms with E-state index in [0.29, 0.717) is 13.0 Å². The quantitative estimate of drug-likeness (QED) is 0.879. The molecule has 0 radical (unpaired) electrons. The first-order valence-corrected chi connectivity index (χ1v) is 6.90. The van der Waals surface area contributed by atoms with E-state index in [-0.39, 0.29) is 17.2 Å². The first-order valence-electron chi connectivity index (χ1n) is 6.90. The molecule has 2 amide bonds. The molecule has 0 aliphatic carbocycles. The Labute approximate surface area is 122 Å². The summed E-state index contributed by atoms with van der Waals surface area (Å²) >= 11 is 0. The van der Waals surface area contributed by atoms with Crippen molar-refractivity contribution in [2.45, 2.75) is 18.9 Å². The van der Waals surface area contributed by atoms with Crippen molar-refractivity contribution in [3.05, 3.63) is 42.0 Å². The molecule has 1 fully saturated rings. The molecular formula is C16H16N2O3. The number of rotatable bonds is 2. The molecule has 0 spiro atoms. The molecule has 3 rings (SSSR count). The molecule has 5 heteroatoms. The van der Waals surface area contributed by atoms with Crippen LogP contribution in [-0.4, -0.2) is 34.4 Å². The van der Waals surface area contributed by atoms with Gasteiger partial charge in [-0.15, -0.1) is 0 Å². The zero-order chi connectivity index (χ0) is 15.0. The van der Waals surface area contributed by atoms with E-state index in [0.717, 1.165) is 17.2 Å². The van der Waals surface area contributed by atoms with Gasteiger partial charge in [0.1, 0.15) is 11.8 Å². The minimum absolute atomic E-state index is 0.0752. The van der Waals surface area contributed by atoms with Crippen LogP contribution < -0.4 is 5.73 Å². The lowest BCUT2D eigenvalue weighted by atomic mass is 10.0. The van der Waals surface area contributed by atoms with Gasteiger partial charge < -0.3 is 15.7 Å². The molecule has 1 aliphatic heterocycles. The van der Waals surface area contributed by atoms with Crippen molar-refractivity contribution in [2.24, 2.45) is 5.73 Å². The zero-order valence-corrected chi connectivity index (χ0v) is 11.5. The van der Waals surface area contributed by atoms with Crippen molar-refractivity contribution in [1.29, 1.82) is 0 Å². The van der Waals surface area contributed by atoms with E-state index in [1.807, 2.05) is 24.3 Å². The van der Waals surface area contributed by atoms with Crippen molar-refractivity contribution < 1.29 is 14.7 Å². The molecule has 5 nitrogen and oxygen atoms in total. The van der Waals surface area contributed by atoms with Gasteiger partial charge in [0.25, 0.3) is 5.91 Å². The number of aromatic hydroxyl groups is 1. The van der Waals surface area contributed by atoms with Crippen LogP contribution in [0.25, 0.3) is 10.8 Å². The van der Waals surface area contributed by atoms with Crippen molar-refractivity contribution >= 4 is 22.6 Å². The predicted octanol–water partition coefficient (Wildman–Crippen LogP) is 1.64. The average molecular weight is 284 g/mol. The number of likely N-dealkylation sites (tertiary alicyclic amines) is 1. The number of phenols is 1. The highest BCUT2D eigenvalue weighted by molar-refractivity contribution is 6.03. The fraction of sp³-hybridized carbons (Fsp3) is 0.250. The summed E-state index contributed by atoms with van der Waals surface area (Å²) in [5.74, 6) is -0.922. The zero-order valence-electron chi connectivity index (χ0n) is 11.5. The lowest BCUT2D eigenvalue weighted by Gasteiger charge is -2.22. The summed E-state index contributed by atoms with van der Waals surface area (Å²) in [7, 11) is 0. The third kappa shape index (κ3) is 2.31. The van der Waals surface area contributed by atoms with Crippen LogP contribution >= 0.6 is 0 Å². The Hall–Kier alpha value is -2.56. The highest BCUT2D eigenvalue weighted by Gasteiger charge is 2.34. The second kappa shape index (κ2) is 5.09. The molecule has 1 aliphatic rings. The number of primary amides is 1. The molecule has 1 saturated heterocycles. The van der Waals surface area contributed by atoms with Gasteiger partial charge >= 0.3 is 0 Å². The number of fused-ring (bicyclic) bond motifs is 1. The molecule has 108 valence electrons. The van der Waals surface area contributed by atoms with Crippen molar-refractivity contribution in [2.75, 3.05) is 6.54 Å². The Bertz CT molecular complexity index is 727. The smallest absolute Gasteiger partial charge is 0.258 e. The van der Waals surface area contributed by atoms with Gasteiger partial charge in [-0.2, -0.15) is 0 Å². The Balaban J connectivity index is 2.01. The van der Waals surface area contributed by atoms with E-state index in [1.54, 1.807) is 12.1 Å². The normalized spacial score (nSPS) is 18.1. The minimum Gasteiger partial charge on any atom is -0.507 e. The number of carbonyl (C=O) groups is 2. The Morgan fingerprint density at radius 2 is 1.86 bits per heavy atom. The summed E-state index contributed by atoms with van der Waals surface area (Å²) < 4.78 is 0. The second-order valence-corrected chi connectivity index (χ2v) is 5.28. The first-order chi connectivity index (χ1) is 10.1. The van der Waals surface area contributed by atoms with Crippen LogP contribution in [0.2, 0.25) is 0 Å².